The van der Waals surface area contributed by atoms with E-state index < -0.39 is 28.4 Å². The van der Waals surface area contributed by atoms with Gasteiger partial charge in [0.15, 0.2) is 0 Å². The third-order valence-corrected chi connectivity index (χ3v) is 5.67. The van der Waals surface area contributed by atoms with Crippen molar-refractivity contribution in [3.05, 3.63) is 0 Å². The van der Waals surface area contributed by atoms with Crippen LogP contribution in [0, 0.1) is 5.92 Å². The van der Waals surface area contributed by atoms with Crippen LogP contribution < -0.4 is 4.72 Å². The molecule has 0 amide bonds. The third kappa shape index (κ3) is 6.02. The topological polar surface area (TPSA) is 58.6 Å². The van der Waals surface area contributed by atoms with E-state index in [1.165, 1.54) is 0 Å². The summed E-state index contributed by atoms with van der Waals surface area (Å²) in [5, 5.41) is 0. The SMILES string of the molecule is O=S(=O)(CCC(F)(F)F)NCC1CCN(C2CCOC2)CC1. The van der Waals surface area contributed by atoms with E-state index in [1.807, 2.05) is 0 Å². The first-order valence-corrected chi connectivity index (χ1v) is 9.26. The summed E-state index contributed by atoms with van der Waals surface area (Å²) in [7, 11) is -3.85. The van der Waals surface area contributed by atoms with E-state index in [-0.39, 0.29) is 12.5 Å². The second-order valence-electron chi connectivity index (χ2n) is 6.03. The number of halogens is 3. The second kappa shape index (κ2) is 7.46. The zero-order chi connectivity index (χ0) is 16.2. The highest BCUT2D eigenvalue weighted by Gasteiger charge is 2.31. The first-order chi connectivity index (χ1) is 10.3. The molecule has 2 rings (SSSR count). The Bertz CT molecular complexity index is 442. The lowest BCUT2D eigenvalue weighted by atomic mass is 9.96. The Morgan fingerprint density at radius 3 is 2.41 bits per heavy atom. The number of hydrogen-bond acceptors (Lipinski definition) is 4. The number of ether oxygens (including phenoxy) is 1. The van der Waals surface area contributed by atoms with Gasteiger partial charge in [0, 0.05) is 19.2 Å². The molecule has 5 nitrogen and oxygen atoms in total. The molecule has 0 aromatic rings. The van der Waals surface area contributed by atoms with Crippen LogP contribution in [0.3, 0.4) is 0 Å². The van der Waals surface area contributed by atoms with Crippen LogP contribution in [0.1, 0.15) is 25.7 Å². The van der Waals surface area contributed by atoms with E-state index in [0.29, 0.717) is 6.04 Å². The molecule has 0 aromatic carbocycles. The third-order valence-electron chi connectivity index (χ3n) is 4.32. The van der Waals surface area contributed by atoms with Crippen LogP contribution in [-0.4, -0.2) is 64.1 Å². The number of likely N-dealkylation sites (tertiary alicyclic amines) is 1. The van der Waals surface area contributed by atoms with Gasteiger partial charge in [-0.1, -0.05) is 0 Å². The molecule has 2 aliphatic heterocycles. The van der Waals surface area contributed by atoms with Crippen LogP contribution in [0.2, 0.25) is 0 Å². The fourth-order valence-electron chi connectivity index (χ4n) is 2.90. The molecule has 130 valence electrons. The Morgan fingerprint density at radius 2 is 1.86 bits per heavy atom. The highest BCUT2D eigenvalue weighted by atomic mass is 32.2. The molecule has 0 aromatic heterocycles. The summed E-state index contributed by atoms with van der Waals surface area (Å²) in [4.78, 5) is 2.36. The lowest BCUT2D eigenvalue weighted by Crippen LogP contribution is -2.44. The summed E-state index contributed by atoms with van der Waals surface area (Å²) in [6.07, 6.45) is -2.99. The molecule has 22 heavy (non-hydrogen) atoms. The molecule has 2 saturated heterocycles. The molecular weight excluding hydrogens is 321 g/mol. The van der Waals surface area contributed by atoms with Crippen molar-refractivity contribution in [2.24, 2.45) is 5.92 Å². The van der Waals surface area contributed by atoms with E-state index in [4.69, 9.17) is 4.74 Å². The maximum atomic E-state index is 12.1. The number of sulfonamides is 1. The molecule has 0 aliphatic carbocycles. The minimum atomic E-state index is -4.44. The van der Waals surface area contributed by atoms with E-state index >= 15 is 0 Å². The molecule has 1 atom stereocenters. The average molecular weight is 344 g/mol. The molecule has 2 fully saturated rings. The smallest absolute Gasteiger partial charge is 0.380 e. The van der Waals surface area contributed by atoms with Crippen molar-refractivity contribution in [3.8, 4) is 0 Å². The van der Waals surface area contributed by atoms with Crippen LogP contribution in [0.4, 0.5) is 13.2 Å². The van der Waals surface area contributed by atoms with Gasteiger partial charge in [-0.2, -0.15) is 13.2 Å². The summed E-state index contributed by atoms with van der Waals surface area (Å²) in [5.41, 5.74) is 0. The van der Waals surface area contributed by atoms with Gasteiger partial charge in [0.1, 0.15) is 0 Å². The van der Waals surface area contributed by atoms with Crippen LogP contribution in [0.5, 0.6) is 0 Å². The van der Waals surface area contributed by atoms with Gasteiger partial charge in [0.05, 0.1) is 18.8 Å². The van der Waals surface area contributed by atoms with Crippen molar-refractivity contribution in [2.75, 3.05) is 38.6 Å². The molecule has 2 aliphatic rings. The molecule has 0 radical (unpaired) electrons. The highest BCUT2D eigenvalue weighted by molar-refractivity contribution is 7.89. The fourth-order valence-corrected chi connectivity index (χ4v) is 4.03. The van der Waals surface area contributed by atoms with Crippen molar-refractivity contribution in [1.29, 1.82) is 0 Å². The molecule has 2 heterocycles. The Balaban J connectivity index is 1.67. The molecule has 0 saturated carbocycles. The minimum Gasteiger partial charge on any atom is -0.380 e. The van der Waals surface area contributed by atoms with Gasteiger partial charge >= 0.3 is 6.18 Å². The van der Waals surface area contributed by atoms with Gasteiger partial charge in [0.2, 0.25) is 10.0 Å². The molecule has 1 N–H and O–H groups in total. The molecular formula is C13H23F3N2O3S. The zero-order valence-corrected chi connectivity index (χ0v) is 13.3. The molecule has 0 bridgehead atoms. The lowest BCUT2D eigenvalue weighted by molar-refractivity contribution is -0.129. The molecule has 1 unspecified atom stereocenters. The van der Waals surface area contributed by atoms with Gasteiger partial charge in [-0.25, -0.2) is 13.1 Å². The van der Waals surface area contributed by atoms with Crippen LogP contribution in [0.25, 0.3) is 0 Å². The van der Waals surface area contributed by atoms with E-state index in [0.717, 1.165) is 45.6 Å². The quantitative estimate of drug-likeness (QED) is 0.790. The van der Waals surface area contributed by atoms with Gasteiger partial charge < -0.3 is 4.74 Å². The number of piperidine rings is 1. The minimum absolute atomic E-state index is 0.194. The number of nitrogens with one attached hydrogen (secondary N) is 1. The maximum absolute atomic E-state index is 12.1. The summed E-state index contributed by atoms with van der Waals surface area (Å²) >= 11 is 0. The lowest BCUT2D eigenvalue weighted by Gasteiger charge is -2.35. The van der Waals surface area contributed by atoms with Gasteiger partial charge in [-0.3, -0.25) is 4.90 Å². The van der Waals surface area contributed by atoms with Gasteiger partial charge in [0.25, 0.3) is 0 Å². The van der Waals surface area contributed by atoms with Crippen LogP contribution in [0.15, 0.2) is 0 Å². The van der Waals surface area contributed by atoms with E-state index in [1.54, 1.807) is 0 Å². The van der Waals surface area contributed by atoms with E-state index in [9.17, 15) is 21.6 Å². The van der Waals surface area contributed by atoms with Gasteiger partial charge in [-0.05, 0) is 38.3 Å². The Kier molecular flexibility index (Phi) is 6.09. The van der Waals surface area contributed by atoms with Crippen molar-refractivity contribution >= 4 is 10.0 Å². The fraction of sp³-hybridized carbons (Fsp3) is 1.00. The first-order valence-electron chi connectivity index (χ1n) is 7.61. The predicted molar refractivity (Wildman–Crippen MR) is 76.0 cm³/mol. The van der Waals surface area contributed by atoms with Crippen LogP contribution >= 0.6 is 0 Å². The van der Waals surface area contributed by atoms with Crippen molar-refractivity contribution < 1.29 is 26.3 Å². The normalized spacial score (nSPS) is 25.7. The second-order valence-corrected chi connectivity index (χ2v) is 7.96. The highest BCUT2D eigenvalue weighted by Crippen LogP contribution is 2.23. The first kappa shape index (κ1) is 18.0. The monoisotopic (exact) mass is 344 g/mol. The van der Waals surface area contributed by atoms with Gasteiger partial charge in [-0.15, -0.1) is 0 Å². The number of nitrogens with zero attached hydrogens (tertiary/aromatic N) is 1. The summed E-state index contributed by atoms with van der Waals surface area (Å²) in [6, 6.07) is 0.462. The summed E-state index contributed by atoms with van der Waals surface area (Å²) < 4.78 is 67.0. The maximum Gasteiger partial charge on any atom is 0.390 e. The Labute approximate surface area is 129 Å². The molecule has 9 heteroatoms. The van der Waals surface area contributed by atoms with Crippen LogP contribution in [-0.2, 0) is 14.8 Å². The Hall–Kier alpha value is -0.380. The predicted octanol–water partition coefficient (Wildman–Crippen LogP) is 1.36. The largest absolute Gasteiger partial charge is 0.390 e. The Morgan fingerprint density at radius 1 is 1.18 bits per heavy atom. The zero-order valence-electron chi connectivity index (χ0n) is 12.4. The van der Waals surface area contributed by atoms with Crippen molar-refractivity contribution in [2.45, 2.75) is 37.9 Å². The number of hydrogen-bond donors (Lipinski definition) is 1. The van der Waals surface area contributed by atoms with Crippen molar-refractivity contribution in [3.63, 3.8) is 0 Å². The number of rotatable bonds is 6. The van der Waals surface area contributed by atoms with E-state index in [2.05, 4.69) is 9.62 Å². The average Bonchev–Trinajstić information content (AvgIpc) is 2.97. The number of alkyl halides is 3. The standard InChI is InChI=1S/C13H23F3N2O3S/c14-13(15,16)4-8-22(19,20)17-9-11-1-5-18(6-2-11)12-3-7-21-10-12/h11-12,17H,1-10H2. The summed E-state index contributed by atoms with van der Waals surface area (Å²) in [6.45, 7) is 3.57. The summed E-state index contributed by atoms with van der Waals surface area (Å²) in [5.74, 6) is -0.700. The molecule has 0 spiro atoms. The van der Waals surface area contributed by atoms with Crippen molar-refractivity contribution in [1.82, 2.24) is 9.62 Å².